The summed E-state index contributed by atoms with van der Waals surface area (Å²) in [5.41, 5.74) is 5.20. The van der Waals surface area contributed by atoms with E-state index in [1.165, 1.54) is 0 Å². The Balaban J connectivity index is 1.87. The second-order valence-electron chi connectivity index (χ2n) is 7.41. The van der Waals surface area contributed by atoms with E-state index in [0.29, 0.717) is 42.4 Å². The van der Waals surface area contributed by atoms with E-state index in [2.05, 4.69) is 0 Å². The Morgan fingerprint density at radius 1 is 1.03 bits per heavy atom. The molecule has 2 aromatic carbocycles. The minimum atomic E-state index is -0.0900. The molecule has 7 nitrogen and oxygen atoms in total. The molecular formula is C22H23NO6. The van der Waals surface area contributed by atoms with Crippen molar-refractivity contribution in [2.24, 2.45) is 0 Å². The Morgan fingerprint density at radius 3 is 2.38 bits per heavy atom. The van der Waals surface area contributed by atoms with Gasteiger partial charge in [-0.05, 0) is 41.7 Å². The number of carbonyl (C=O) groups excluding carboxylic acids is 1. The van der Waals surface area contributed by atoms with Gasteiger partial charge in [0.05, 0.1) is 27.4 Å². The lowest BCUT2D eigenvalue weighted by molar-refractivity contribution is -0.131. The van der Waals surface area contributed by atoms with Crippen LogP contribution in [0.1, 0.15) is 29.7 Å². The summed E-state index contributed by atoms with van der Waals surface area (Å²) in [6, 6.07) is 3.93. The summed E-state index contributed by atoms with van der Waals surface area (Å²) < 4.78 is 28.5. The average Bonchev–Trinajstić information content (AvgIpc) is 3.18. The van der Waals surface area contributed by atoms with Gasteiger partial charge >= 0.3 is 0 Å². The Labute approximate surface area is 169 Å². The van der Waals surface area contributed by atoms with E-state index in [9.17, 15) is 4.79 Å². The van der Waals surface area contributed by atoms with E-state index in [4.69, 9.17) is 23.7 Å². The number of hydrogen-bond donors (Lipinski definition) is 0. The third-order valence-electron chi connectivity index (χ3n) is 6.12. The highest BCUT2D eigenvalue weighted by molar-refractivity contribution is 5.88. The molecule has 1 unspecified atom stereocenters. The third kappa shape index (κ3) is 2.39. The Morgan fingerprint density at radius 2 is 1.72 bits per heavy atom. The number of ether oxygens (including phenoxy) is 5. The minimum absolute atomic E-state index is 0.0598. The van der Waals surface area contributed by atoms with Gasteiger partial charge in [-0.2, -0.15) is 0 Å². The van der Waals surface area contributed by atoms with Crippen LogP contribution in [0.2, 0.25) is 0 Å². The molecule has 3 aliphatic rings. The maximum Gasteiger partial charge on any atom is 0.231 e. The molecule has 5 rings (SSSR count). The highest BCUT2D eigenvalue weighted by atomic mass is 16.7. The molecule has 0 aromatic heterocycles. The first-order chi connectivity index (χ1) is 14.1. The fourth-order valence-corrected chi connectivity index (χ4v) is 4.96. The molecule has 2 heterocycles. The number of amides is 1. The summed E-state index contributed by atoms with van der Waals surface area (Å²) in [6.07, 6.45) is 1.39. The number of carbonyl (C=O) groups is 1. The average molecular weight is 397 g/mol. The predicted octanol–water partition coefficient (Wildman–Crippen LogP) is 3.11. The Hall–Kier alpha value is -3.09. The quantitative estimate of drug-likeness (QED) is 0.793. The molecule has 0 radical (unpaired) electrons. The van der Waals surface area contributed by atoms with Crippen molar-refractivity contribution in [3.8, 4) is 39.9 Å². The molecular weight excluding hydrogens is 374 g/mol. The smallest absolute Gasteiger partial charge is 0.231 e. The van der Waals surface area contributed by atoms with Gasteiger partial charge in [-0.25, -0.2) is 0 Å². The summed E-state index contributed by atoms with van der Waals surface area (Å²) in [5, 5.41) is 0. The van der Waals surface area contributed by atoms with Gasteiger partial charge in [0.2, 0.25) is 18.4 Å². The summed E-state index contributed by atoms with van der Waals surface area (Å²) in [7, 11) is 4.88. The highest BCUT2D eigenvalue weighted by Gasteiger charge is 2.41. The van der Waals surface area contributed by atoms with Crippen LogP contribution >= 0.6 is 0 Å². The molecule has 1 atom stereocenters. The van der Waals surface area contributed by atoms with E-state index in [1.54, 1.807) is 28.3 Å². The lowest BCUT2D eigenvalue weighted by Crippen LogP contribution is -2.41. The first kappa shape index (κ1) is 18.0. The van der Waals surface area contributed by atoms with Gasteiger partial charge in [-0.15, -0.1) is 0 Å². The van der Waals surface area contributed by atoms with Crippen LogP contribution in [-0.4, -0.2) is 45.5 Å². The summed E-state index contributed by atoms with van der Waals surface area (Å²) in [5.74, 6) is 3.37. The second-order valence-corrected chi connectivity index (χ2v) is 7.41. The van der Waals surface area contributed by atoms with Crippen molar-refractivity contribution in [1.29, 1.82) is 0 Å². The van der Waals surface area contributed by atoms with Gasteiger partial charge in [-0.1, -0.05) is 0 Å². The molecule has 2 aliphatic heterocycles. The standard InChI is InChI=1S/C22H23NO6/c1-11(24)23-6-5-13-18-15(23)7-12-8-16-17(29-10-28-16)9-14(12)19(18)21(26-3)22(27-4)20(13)25-2/h8-9,15H,5-7,10H2,1-4H3. The lowest BCUT2D eigenvalue weighted by Gasteiger charge is -2.42. The second kappa shape index (κ2) is 6.47. The maximum absolute atomic E-state index is 12.4. The number of benzene rings is 2. The van der Waals surface area contributed by atoms with Crippen molar-refractivity contribution in [3.05, 3.63) is 28.8 Å². The molecule has 152 valence electrons. The first-order valence-electron chi connectivity index (χ1n) is 9.63. The van der Waals surface area contributed by atoms with E-state index in [0.717, 1.165) is 33.6 Å². The summed E-state index contributed by atoms with van der Waals surface area (Å²) >= 11 is 0. The largest absolute Gasteiger partial charge is 0.492 e. The van der Waals surface area contributed by atoms with Gasteiger partial charge in [-0.3, -0.25) is 4.79 Å². The van der Waals surface area contributed by atoms with Gasteiger partial charge in [0.15, 0.2) is 23.0 Å². The van der Waals surface area contributed by atoms with E-state index < -0.39 is 0 Å². The van der Waals surface area contributed by atoms with Crippen molar-refractivity contribution >= 4 is 5.91 Å². The van der Waals surface area contributed by atoms with Crippen LogP contribution in [0, 0.1) is 0 Å². The zero-order valence-corrected chi connectivity index (χ0v) is 17.0. The van der Waals surface area contributed by atoms with Crippen molar-refractivity contribution < 1.29 is 28.5 Å². The number of nitrogens with zero attached hydrogens (tertiary/aromatic N) is 1. The van der Waals surface area contributed by atoms with Gasteiger partial charge in [0.25, 0.3) is 0 Å². The molecule has 29 heavy (non-hydrogen) atoms. The highest BCUT2D eigenvalue weighted by Crippen LogP contribution is 2.58. The van der Waals surface area contributed by atoms with Crippen molar-refractivity contribution in [2.75, 3.05) is 34.7 Å². The molecule has 2 aromatic rings. The SMILES string of the molecule is COc1c2c3c(c(OC)c1OC)-c1cc4c(cc1CC3N(C(C)=O)CC2)OCO4. The van der Waals surface area contributed by atoms with Crippen LogP contribution in [0.15, 0.2) is 12.1 Å². The zero-order chi connectivity index (χ0) is 20.3. The molecule has 0 spiro atoms. The maximum atomic E-state index is 12.4. The third-order valence-corrected chi connectivity index (χ3v) is 6.12. The molecule has 0 saturated heterocycles. The van der Waals surface area contributed by atoms with Crippen molar-refractivity contribution in [2.45, 2.75) is 25.8 Å². The molecule has 0 saturated carbocycles. The van der Waals surface area contributed by atoms with Gasteiger partial charge in [0.1, 0.15) is 0 Å². The zero-order valence-electron chi connectivity index (χ0n) is 17.0. The van der Waals surface area contributed by atoms with Crippen LogP contribution in [0.25, 0.3) is 11.1 Å². The normalized spacial score (nSPS) is 18.1. The molecule has 0 bridgehead atoms. The first-order valence-corrected chi connectivity index (χ1v) is 9.63. The summed E-state index contributed by atoms with van der Waals surface area (Å²) in [4.78, 5) is 14.4. The van der Waals surface area contributed by atoms with Crippen molar-refractivity contribution in [3.63, 3.8) is 0 Å². The van der Waals surface area contributed by atoms with E-state index >= 15 is 0 Å². The molecule has 1 amide bonds. The minimum Gasteiger partial charge on any atom is -0.492 e. The number of fused-ring (bicyclic) bond motifs is 3. The molecule has 7 heteroatoms. The van der Waals surface area contributed by atoms with Crippen LogP contribution in [-0.2, 0) is 17.6 Å². The van der Waals surface area contributed by atoms with Gasteiger partial charge < -0.3 is 28.6 Å². The predicted molar refractivity (Wildman–Crippen MR) is 105 cm³/mol. The van der Waals surface area contributed by atoms with Crippen LogP contribution in [0.3, 0.4) is 0 Å². The van der Waals surface area contributed by atoms with Crippen LogP contribution in [0.5, 0.6) is 28.7 Å². The summed E-state index contributed by atoms with van der Waals surface area (Å²) in [6.45, 7) is 2.47. The number of hydrogen-bond acceptors (Lipinski definition) is 6. The fourth-order valence-electron chi connectivity index (χ4n) is 4.96. The van der Waals surface area contributed by atoms with E-state index in [1.807, 2.05) is 17.0 Å². The number of methoxy groups -OCH3 is 3. The van der Waals surface area contributed by atoms with Gasteiger partial charge in [0, 0.05) is 24.6 Å². The van der Waals surface area contributed by atoms with Crippen LogP contribution < -0.4 is 23.7 Å². The Kier molecular flexibility index (Phi) is 4.01. The van der Waals surface area contributed by atoms with Crippen LogP contribution in [0.4, 0.5) is 0 Å². The van der Waals surface area contributed by atoms with E-state index in [-0.39, 0.29) is 18.7 Å². The molecule has 0 N–H and O–H groups in total. The Bertz CT molecular complexity index is 1030. The number of rotatable bonds is 3. The fraction of sp³-hybridized carbons (Fsp3) is 0.409. The molecule has 1 aliphatic carbocycles. The lowest BCUT2D eigenvalue weighted by atomic mass is 9.75. The topological polar surface area (TPSA) is 66.5 Å². The molecule has 0 fully saturated rings. The van der Waals surface area contributed by atoms with Crippen molar-refractivity contribution in [1.82, 2.24) is 4.90 Å². The monoisotopic (exact) mass is 397 g/mol.